The van der Waals surface area contributed by atoms with E-state index in [0.29, 0.717) is 21.3 Å². The zero-order valence-electron chi connectivity index (χ0n) is 10.1. The summed E-state index contributed by atoms with van der Waals surface area (Å²) >= 11 is 16.2. The minimum Gasteiger partial charge on any atom is -0.321 e. The van der Waals surface area contributed by atoms with Crippen LogP contribution >= 0.6 is 35.8 Å². The Morgan fingerprint density at radius 2 is 1.95 bits per heavy atom. The molecule has 2 aromatic rings. The topological polar surface area (TPSA) is 29.1 Å². The number of thiol groups is 1. The third-order valence-corrected chi connectivity index (χ3v) is 3.76. The highest BCUT2D eigenvalue weighted by molar-refractivity contribution is 7.80. The van der Waals surface area contributed by atoms with E-state index in [9.17, 15) is 4.79 Å². The third-order valence-electron chi connectivity index (χ3n) is 2.67. The predicted octanol–water partition coefficient (Wildman–Crippen LogP) is 4.84. The van der Waals surface area contributed by atoms with Crippen molar-refractivity contribution in [1.29, 1.82) is 0 Å². The first-order valence-corrected chi connectivity index (χ1v) is 6.74. The molecule has 0 fully saturated rings. The van der Waals surface area contributed by atoms with Crippen LogP contribution in [0.1, 0.15) is 15.9 Å². The molecule has 0 aliphatic heterocycles. The molecule has 0 saturated carbocycles. The summed E-state index contributed by atoms with van der Waals surface area (Å²) in [4.78, 5) is 12.9. The molecule has 19 heavy (non-hydrogen) atoms. The second kappa shape index (κ2) is 5.87. The molecule has 98 valence electrons. The highest BCUT2D eigenvalue weighted by Crippen LogP contribution is 2.30. The standard InChI is InChI=1S/C14H11Cl2NOS/c1-8-5-6-9(19)7-10(8)14(18)17-12-4-2-3-11(15)13(12)16/h2-7,19H,1H3,(H,17,18). The van der Waals surface area contributed by atoms with Crippen LogP contribution in [0.3, 0.4) is 0 Å². The molecule has 2 rings (SSSR count). The lowest BCUT2D eigenvalue weighted by atomic mass is 10.1. The summed E-state index contributed by atoms with van der Waals surface area (Å²) in [6.45, 7) is 1.86. The molecule has 2 aromatic carbocycles. The number of hydrogen-bond acceptors (Lipinski definition) is 2. The van der Waals surface area contributed by atoms with Crippen LogP contribution in [0.2, 0.25) is 10.0 Å². The van der Waals surface area contributed by atoms with Gasteiger partial charge < -0.3 is 5.32 Å². The smallest absolute Gasteiger partial charge is 0.256 e. The van der Waals surface area contributed by atoms with E-state index in [4.69, 9.17) is 23.2 Å². The van der Waals surface area contributed by atoms with Crippen LogP contribution < -0.4 is 5.32 Å². The molecule has 5 heteroatoms. The van der Waals surface area contributed by atoms with Gasteiger partial charge in [0.1, 0.15) is 0 Å². The van der Waals surface area contributed by atoms with Crippen molar-refractivity contribution in [3.05, 3.63) is 57.6 Å². The Balaban J connectivity index is 2.31. The Labute approximate surface area is 127 Å². The van der Waals surface area contributed by atoms with Gasteiger partial charge in [0.05, 0.1) is 15.7 Å². The molecule has 0 aliphatic rings. The summed E-state index contributed by atoms with van der Waals surface area (Å²) in [5, 5.41) is 3.48. The van der Waals surface area contributed by atoms with Crippen molar-refractivity contribution < 1.29 is 4.79 Å². The summed E-state index contributed by atoms with van der Waals surface area (Å²) in [5.74, 6) is -0.238. The average molecular weight is 312 g/mol. The fraction of sp³-hybridized carbons (Fsp3) is 0.0714. The van der Waals surface area contributed by atoms with Crippen LogP contribution in [-0.2, 0) is 0 Å². The average Bonchev–Trinajstić information content (AvgIpc) is 2.38. The molecule has 0 bridgehead atoms. The van der Waals surface area contributed by atoms with E-state index in [-0.39, 0.29) is 5.91 Å². The quantitative estimate of drug-likeness (QED) is 0.763. The normalized spacial score (nSPS) is 10.3. The van der Waals surface area contributed by atoms with E-state index in [1.165, 1.54) is 0 Å². The Morgan fingerprint density at radius 3 is 2.68 bits per heavy atom. The summed E-state index contributed by atoms with van der Waals surface area (Å²) in [6, 6.07) is 10.5. The Morgan fingerprint density at radius 1 is 1.21 bits per heavy atom. The Bertz CT molecular complexity index is 643. The maximum Gasteiger partial charge on any atom is 0.256 e. The van der Waals surface area contributed by atoms with E-state index in [2.05, 4.69) is 17.9 Å². The van der Waals surface area contributed by atoms with Crippen molar-refractivity contribution in [2.45, 2.75) is 11.8 Å². The number of nitrogens with one attached hydrogen (secondary N) is 1. The van der Waals surface area contributed by atoms with Crippen molar-refractivity contribution >= 4 is 47.4 Å². The van der Waals surface area contributed by atoms with Gasteiger partial charge >= 0.3 is 0 Å². The molecule has 0 aromatic heterocycles. The lowest BCUT2D eigenvalue weighted by Crippen LogP contribution is -2.13. The first-order chi connectivity index (χ1) is 8.99. The van der Waals surface area contributed by atoms with E-state index in [1.54, 1.807) is 24.3 Å². The van der Waals surface area contributed by atoms with Gasteiger partial charge in [-0.15, -0.1) is 12.6 Å². The summed E-state index contributed by atoms with van der Waals surface area (Å²) < 4.78 is 0. The van der Waals surface area contributed by atoms with Gasteiger partial charge in [0, 0.05) is 10.5 Å². The van der Waals surface area contributed by atoms with Gasteiger partial charge in [0.25, 0.3) is 5.91 Å². The van der Waals surface area contributed by atoms with Crippen molar-refractivity contribution in [1.82, 2.24) is 0 Å². The molecule has 0 heterocycles. The summed E-state index contributed by atoms with van der Waals surface area (Å²) in [7, 11) is 0. The minimum atomic E-state index is -0.238. The molecule has 0 saturated heterocycles. The lowest BCUT2D eigenvalue weighted by molar-refractivity contribution is 0.102. The molecule has 0 spiro atoms. The second-order valence-electron chi connectivity index (χ2n) is 4.05. The van der Waals surface area contributed by atoms with Crippen LogP contribution in [0.25, 0.3) is 0 Å². The lowest BCUT2D eigenvalue weighted by Gasteiger charge is -2.10. The van der Waals surface area contributed by atoms with Crippen LogP contribution in [0.15, 0.2) is 41.3 Å². The molecular formula is C14H11Cl2NOS. The van der Waals surface area contributed by atoms with Gasteiger partial charge in [-0.25, -0.2) is 0 Å². The number of halogens is 2. The van der Waals surface area contributed by atoms with Crippen molar-refractivity contribution in [3.63, 3.8) is 0 Å². The van der Waals surface area contributed by atoms with Crippen molar-refractivity contribution in [3.8, 4) is 0 Å². The summed E-state index contributed by atoms with van der Waals surface area (Å²) in [5.41, 5.74) is 1.92. The Kier molecular flexibility index (Phi) is 4.40. The van der Waals surface area contributed by atoms with Crippen LogP contribution in [0.4, 0.5) is 5.69 Å². The first-order valence-electron chi connectivity index (χ1n) is 5.54. The van der Waals surface area contributed by atoms with Gasteiger partial charge in [0.15, 0.2) is 0 Å². The molecule has 0 radical (unpaired) electrons. The Hall–Kier alpha value is -1.16. The molecule has 0 aliphatic carbocycles. The maximum absolute atomic E-state index is 12.2. The van der Waals surface area contributed by atoms with Gasteiger partial charge in [-0.1, -0.05) is 35.3 Å². The number of aryl methyl sites for hydroxylation is 1. The molecular weight excluding hydrogens is 301 g/mol. The minimum absolute atomic E-state index is 0.238. The highest BCUT2D eigenvalue weighted by atomic mass is 35.5. The van der Waals surface area contributed by atoms with Crippen molar-refractivity contribution in [2.75, 3.05) is 5.32 Å². The molecule has 1 N–H and O–H groups in total. The molecule has 2 nitrogen and oxygen atoms in total. The van der Waals surface area contributed by atoms with E-state index < -0.39 is 0 Å². The van der Waals surface area contributed by atoms with Crippen LogP contribution in [0.5, 0.6) is 0 Å². The van der Waals surface area contributed by atoms with E-state index in [1.807, 2.05) is 19.1 Å². The van der Waals surface area contributed by atoms with Gasteiger partial charge in [0.2, 0.25) is 0 Å². The summed E-state index contributed by atoms with van der Waals surface area (Å²) in [6.07, 6.45) is 0. The largest absolute Gasteiger partial charge is 0.321 e. The second-order valence-corrected chi connectivity index (χ2v) is 5.36. The van der Waals surface area contributed by atoms with E-state index in [0.717, 1.165) is 10.5 Å². The fourth-order valence-corrected chi connectivity index (χ4v) is 2.20. The van der Waals surface area contributed by atoms with Crippen molar-refractivity contribution in [2.24, 2.45) is 0 Å². The van der Waals surface area contributed by atoms with E-state index >= 15 is 0 Å². The zero-order valence-corrected chi connectivity index (χ0v) is 12.5. The number of rotatable bonds is 2. The number of carbonyl (C=O) groups excluding carboxylic acids is 1. The van der Waals surface area contributed by atoms with Gasteiger partial charge in [-0.05, 0) is 36.8 Å². The van der Waals surface area contributed by atoms with Gasteiger partial charge in [-0.3, -0.25) is 4.79 Å². The fourth-order valence-electron chi connectivity index (χ4n) is 1.64. The number of hydrogen-bond donors (Lipinski definition) is 2. The predicted molar refractivity (Wildman–Crippen MR) is 82.8 cm³/mol. The van der Waals surface area contributed by atoms with Gasteiger partial charge in [-0.2, -0.15) is 0 Å². The number of benzene rings is 2. The number of carbonyl (C=O) groups is 1. The first kappa shape index (κ1) is 14.3. The molecule has 0 atom stereocenters. The van der Waals surface area contributed by atoms with Crippen LogP contribution in [-0.4, -0.2) is 5.91 Å². The SMILES string of the molecule is Cc1ccc(S)cc1C(=O)Nc1cccc(Cl)c1Cl. The third kappa shape index (κ3) is 3.24. The zero-order chi connectivity index (χ0) is 14.0. The molecule has 1 amide bonds. The van der Waals surface area contributed by atoms with Crippen LogP contribution in [0, 0.1) is 6.92 Å². The maximum atomic E-state index is 12.2. The highest BCUT2D eigenvalue weighted by Gasteiger charge is 2.12. The number of anilines is 1. The monoisotopic (exact) mass is 311 g/mol. The molecule has 0 unspecified atom stereocenters. The number of amides is 1.